The molecule has 0 unspecified atom stereocenters. The van der Waals surface area contributed by atoms with Crippen LogP contribution < -0.4 is 10.1 Å². The largest absolute Gasteiger partial charge is 0.487 e. The molecule has 1 N–H and O–H groups in total. The van der Waals surface area contributed by atoms with Gasteiger partial charge in [-0.3, -0.25) is 0 Å². The summed E-state index contributed by atoms with van der Waals surface area (Å²) in [5.74, 6) is 0.572. The second kappa shape index (κ2) is 7.35. The number of hydrogen-bond acceptors (Lipinski definition) is 2. The fraction of sp³-hybridized carbons (Fsp3) is 0.375. The number of hydrogen-bond donors (Lipinski definition) is 1. The molecular formula is C24H26FN3O2. The lowest BCUT2D eigenvalue weighted by molar-refractivity contribution is -0.00565. The number of carbonyl (C=O) groups is 1. The summed E-state index contributed by atoms with van der Waals surface area (Å²) in [6.07, 6.45) is 5.33. The zero-order chi connectivity index (χ0) is 20.7. The number of nitrogens with one attached hydrogen (secondary N) is 1. The van der Waals surface area contributed by atoms with Gasteiger partial charge in [-0.2, -0.15) is 0 Å². The molecule has 5 nitrogen and oxygen atoms in total. The summed E-state index contributed by atoms with van der Waals surface area (Å²) in [6.45, 7) is 1.85. The summed E-state index contributed by atoms with van der Waals surface area (Å²) < 4.78 is 21.8. The average molecular weight is 407 g/mol. The Morgan fingerprint density at radius 3 is 2.80 bits per heavy atom. The van der Waals surface area contributed by atoms with Gasteiger partial charge in [0.15, 0.2) is 0 Å². The molecule has 1 aromatic heterocycles. The summed E-state index contributed by atoms with van der Waals surface area (Å²) >= 11 is 0. The zero-order valence-corrected chi connectivity index (χ0v) is 17.2. The van der Waals surface area contributed by atoms with Crippen LogP contribution in [-0.4, -0.2) is 34.2 Å². The average Bonchev–Trinajstić information content (AvgIpc) is 3.13. The van der Waals surface area contributed by atoms with Crippen LogP contribution in [-0.2, 0) is 20.0 Å². The number of carbonyl (C=O) groups excluding carboxylic acids is 1. The molecule has 2 aromatic carbocycles. The van der Waals surface area contributed by atoms with Gasteiger partial charge in [0.25, 0.3) is 0 Å². The normalized spacial score (nSPS) is 17.6. The number of aromatic nitrogens is 1. The van der Waals surface area contributed by atoms with E-state index in [1.165, 1.54) is 17.0 Å². The minimum absolute atomic E-state index is 0.0312. The highest BCUT2D eigenvalue weighted by Crippen LogP contribution is 2.39. The Hall–Kier alpha value is -3.02. The van der Waals surface area contributed by atoms with Crippen molar-refractivity contribution in [3.8, 4) is 5.75 Å². The first-order valence-electron chi connectivity index (χ1n) is 10.6. The van der Waals surface area contributed by atoms with Crippen molar-refractivity contribution in [1.29, 1.82) is 0 Å². The Balaban J connectivity index is 1.17. The van der Waals surface area contributed by atoms with Gasteiger partial charge < -0.3 is 19.5 Å². The number of urea groups is 1. The molecule has 1 spiro atoms. The van der Waals surface area contributed by atoms with E-state index < -0.39 is 0 Å². The number of amides is 2. The predicted octanol–water partition coefficient (Wildman–Crippen LogP) is 4.39. The van der Waals surface area contributed by atoms with Gasteiger partial charge in [-0.15, -0.1) is 0 Å². The number of fused-ring (bicyclic) bond motifs is 2. The molecule has 0 bridgehead atoms. The van der Waals surface area contributed by atoms with Crippen LogP contribution in [0.5, 0.6) is 5.75 Å². The Bertz CT molecular complexity index is 1100. The maximum absolute atomic E-state index is 13.4. The Labute approximate surface area is 175 Å². The van der Waals surface area contributed by atoms with Crippen molar-refractivity contribution in [2.45, 2.75) is 37.8 Å². The second-order valence-electron chi connectivity index (χ2n) is 8.50. The lowest BCUT2D eigenvalue weighted by atomic mass is 9.83. The van der Waals surface area contributed by atoms with E-state index in [4.69, 9.17) is 4.74 Å². The Kier molecular flexibility index (Phi) is 4.65. The van der Waals surface area contributed by atoms with Crippen LogP contribution in [0, 0.1) is 5.82 Å². The summed E-state index contributed by atoms with van der Waals surface area (Å²) in [7, 11) is 2.03. The van der Waals surface area contributed by atoms with Crippen LogP contribution in [0.15, 0.2) is 48.7 Å². The van der Waals surface area contributed by atoms with Crippen molar-refractivity contribution >= 4 is 16.9 Å². The van der Waals surface area contributed by atoms with Gasteiger partial charge in [0.05, 0.1) is 0 Å². The van der Waals surface area contributed by atoms with Crippen molar-refractivity contribution in [1.82, 2.24) is 14.8 Å². The fourth-order valence-electron chi connectivity index (χ4n) is 4.69. The first-order valence-corrected chi connectivity index (χ1v) is 10.6. The van der Waals surface area contributed by atoms with Gasteiger partial charge in [0.1, 0.15) is 17.2 Å². The predicted molar refractivity (Wildman–Crippen MR) is 114 cm³/mol. The van der Waals surface area contributed by atoms with E-state index in [9.17, 15) is 9.18 Å². The van der Waals surface area contributed by atoms with Crippen LogP contribution in [0.25, 0.3) is 10.9 Å². The standard InChI is InChI=1S/C24H26FN3O2/c1-27-11-7-18-14-17(2-4-21(18)27)16-26-23(29)28-12-9-24(10-13-28)8-6-19-15-20(25)3-5-22(19)30-24/h2-5,7,11,14-15H,6,8-10,12-13,16H2,1H3,(H,26,29). The van der Waals surface area contributed by atoms with Crippen LogP contribution in [0.3, 0.4) is 0 Å². The Morgan fingerprint density at radius 2 is 1.97 bits per heavy atom. The SMILES string of the molecule is Cn1ccc2cc(CNC(=O)N3CCC4(CCc5cc(F)ccc5O4)CC3)ccc21. The van der Waals surface area contributed by atoms with E-state index in [1.807, 2.05) is 18.1 Å². The van der Waals surface area contributed by atoms with Crippen molar-refractivity contribution < 1.29 is 13.9 Å². The van der Waals surface area contributed by atoms with Gasteiger partial charge in [-0.1, -0.05) is 6.07 Å². The molecule has 5 rings (SSSR count). The molecule has 1 fully saturated rings. The van der Waals surface area contributed by atoms with Gasteiger partial charge in [-0.25, -0.2) is 9.18 Å². The highest BCUT2D eigenvalue weighted by atomic mass is 19.1. The molecule has 2 aliphatic rings. The molecule has 0 aliphatic carbocycles. The van der Waals surface area contributed by atoms with E-state index in [0.29, 0.717) is 19.6 Å². The van der Waals surface area contributed by atoms with E-state index in [2.05, 4.69) is 34.1 Å². The van der Waals surface area contributed by atoms with Crippen molar-refractivity contribution in [3.05, 3.63) is 65.6 Å². The molecule has 30 heavy (non-hydrogen) atoms. The second-order valence-corrected chi connectivity index (χ2v) is 8.50. The summed E-state index contributed by atoms with van der Waals surface area (Å²) in [5.41, 5.74) is 2.98. The Morgan fingerprint density at radius 1 is 1.13 bits per heavy atom. The molecule has 2 amide bonds. The smallest absolute Gasteiger partial charge is 0.317 e. The van der Waals surface area contributed by atoms with E-state index >= 15 is 0 Å². The molecule has 3 aromatic rings. The monoisotopic (exact) mass is 407 g/mol. The zero-order valence-electron chi connectivity index (χ0n) is 17.2. The third-order valence-corrected chi connectivity index (χ3v) is 6.55. The van der Waals surface area contributed by atoms with Gasteiger partial charge in [0, 0.05) is 51.2 Å². The minimum atomic E-state index is -0.236. The summed E-state index contributed by atoms with van der Waals surface area (Å²) in [6, 6.07) is 13.1. The topological polar surface area (TPSA) is 46.5 Å². The third kappa shape index (κ3) is 3.51. The summed E-state index contributed by atoms with van der Waals surface area (Å²) in [5, 5.41) is 4.23. The quantitative estimate of drug-likeness (QED) is 0.685. The van der Waals surface area contributed by atoms with Crippen LogP contribution in [0.2, 0.25) is 0 Å². The molecule has 0 radical (unpaired) electrons. The van der Waals surface area contributed by atoms with E-state index in [-0.39, 0.29) is 17.4 Å². The van der Waals surface area contributed by atoms with Crippen LogP contribution in [0.4, 0.5) is 9.18 Å². The third-order valence-electron chi connectivity index (χ3n) is 6.55. The van der Waals surface area contributed by atoms with E-state index in [1.54, 1.807) is 12.1 Å². The minimum Gasteiger partial charge on any atom is -0.487 e. The number of aryl methyl sites for hydroxylation is 2. The number of piperidine rings is 1. The highest BCUT2D eigenvalue weighted by Gasteiger charge is 2.40. The number of likely N-dealkylation sites (tertiary alicyclic amines) is 1. The number of rotatable bonds is 2. The van der Waals surface area contributed by atoms with Crippen LogP contribution >= 0.6 is 0 Å². The number of benzene rings is 2. The van der Waals surface area contributed by atoms with Crippen molar-refractivity contribution in [2.24, 2.45) is 7.05 Å². The molecule has 0 atom stereocenters. The van der Waals surface area contributed by atoms with Crippen molar-refractivity contribution in [2.75, 3.05) is 13.1 Å². The lowest BCUT2D eigenvalue weighted by Crippen LogP contribution is -2.53. The molecule has 2 aliphatic heterocycles. The van der Waals surface area contributed by atoms with Gasteiger partial charge >= 0.3 is 6.03 Å². The molecule has 6 heteroatoms. The first kappa shape index (κ1) is 19.0. The molecule has 0 saturated carbocycles. The number of nitrogens with zero attached hydrogens (tertiary/aromatic N) is 2. The molecule has 1 saturated heterocycles. The van der Waals surface area contributed by atoms with Crippen LogP contribution in [0.1, 0.15) is 30.4 Å². The number of halogens is 1. The van der Waals surface area contributed by atoms with Gasteiger partial charge in [0.2, 0.25) is 0 Å². The first-order chi connectivity index (χ1) is 14.5. The molecule has 3 heterocycles. The van der Waals surface area contributed by atoms with E-state index in [0.717, 1.165) is 42.6 Å². The van der Waals surface area contributed by atoms with Gasteiger partial charge in [-0.05, 0) is 65.8 Å². The summed E-state index contributed by atoms with van der Waals surface area (Å²) in [4.78, 5) is 14.5. The maximum atomic E-state index is 13.4. The maximum Gasteiger partial charge on any atom is 0.317 e. The molecule has 156 valence electrons. The lowest BCUT2D eigenvalue weighted by Gasteiger charge is -2.44. The number of ether oxygens (including phenoxy) is 1. The molecular weight excluding hydrogens is 381 g/mol. The fourth-order valence-corrected chi connectivity index (χ4v) is 4.69. The highest BCUT2D eigenvalue weighted by molar-refractivity contribution is 5.81. The van der Waals surface area contributed by atoms with Crippen molar-refractivity contribution in [3.63, 3.8) is 0 Å².